The first-order chi connectivity index (χ1) is 15.3. The average molecular weight is 465 g/mol. The summed E-state index contributed by atoms with van der Waals surface area (Å²) in [6.07, 6.45) is 5.23. The van der Waals surface area contributed by atoms with Gasteiger partial charge in [0, 0.05) is 5.92 Å². The van der Waals surface area contributed by atoms with Crippen LogP contribution >= 0.6 is 0 Å². The largest absolute Gasteiger partial charge is 0.496 e. The molecule has 1 atom stereocenters. The first-order valence-corrected chi connectivity index (χ1v) is 12.9. The van der Waals surface area contributed by atoms with Crippen molar-refractivity contribution in [3.05, 3.63) is 58.7 Å². The van der Waals surface area contributed by atoms with Gasteiger partial charge < -0.3 is 14.6 Å². The van der Waals surface area contributed by atoms with Crippen LogP contribution in [-0.4, -0.2) is 37.5 Å². The lowest BCUT2D eigenvalue weighted by atomic mass is 9.94. The molecule has 0 spiro atoms. The van der Waals surface area contributed by atoms with Crippen molar-refractivity contribution in [1.82, 2.24) is 0 Å². The predicted molar refractivity (Wildman–Crippen MR) is 127 cm³/mol. The Hall–Kier alpha value is -2.09. The van der Waals surface area contributed by atoms with E-state index in [1.54, 1.807) is 7.11 Å². The molecule has 2 rings (SSSR count). The molecule has 0 radical (unpaired) electrons. The fourth-order valence-electron chi connectivity index (χ4n) is 3.78. The third kappa shape index (κ3) is 8.11. The monoisotopic (exact) mass is 464 g/mol. The van der Waals surface area contributed by atoms with E-state index in [0.29, 0.717) is 18.8 Å². The Labute approximate surface area is 192 Å². The number of aryl methyl sites for hydroxylation is 2. The van der Waals surface area contributed by atoms with E-state index in [0.717, 1.165) is 60.1 Å². The Kier molecular flexibility index (Phi) is 10.5. The molecular weight excluding hydrogens is 428 g/mol. The smallest absolute Gasteiger partial charge is 0.265 e. The third-order valence-electron chi connectivity index (χ3n) is 5.62. The summed E-state index contributed by atoms with van der Waals surface area (Å²) in [6.45, 7) is 4.68. The van der Waals surface area contributed by atoms with E-state index in [-0.39, 0.29) is 18.3 Å². The number of benzene rings is 2. The molecule has 0 heterocycles. The Balaban J connectivity index is 2.08. The summed E-state index contributed by atoms with van der Waals surface area (Å²) in [4.78, 5) is 0. The van der Waals surface area contributed by atoms with Crippen molar-refractivity contribution < 1.29 is 27.6 Å². The lowest BCUT2D eigenvalue weighted by molar-refractivity contribution is 0.278. The molecule has 6 nitrogen and oxygen atoms in total. The second kappa shape index (κ2) is 12.8. The Morgan fingerprint density at radius 2 is 1.69 bits per heavy atom. The summed E-state index contributed by atoms with van der Waals surface area (Å²) in [5.41, 5.74) is 3.87. The molecule has 178 valence electrons. The molecule has 32 heavy (non-hydrogen) atoms. The zero-order chi connectivity index (χ0) is 23.6. The average Bonchev–Trinajstić information content (AvgIpc) is 2.77. The minimum Gasteiger partial charge on any atom is -0.496 e. The Bertz CT molecular complexity index is 955. The maximum atomic E-state index is 11.4. The zero-order valence-electron chi connectivity index (χ0n) is 19.3. The molecule has 0 aliphatic rings. The second-order valence-electron chi connectivity index (χ2n) is 8.09. The van der Waals surface area contributed by atoms with Gasteiger partial charge in [-0.25, -0.2) is 0 Å². The lowest BCUT2D eigenvalue weighted by Crippen LogP contribution is -2.14. The molecule has 0 saturated heterocycles. The maximum absolute atomic E-state index is 11.4. The highest BCUT2D eigenvalue weighted by atomic mass is 32.2. The Morgan fingerprint density at radius 3 is 2.31 bits per heavy atom. The van der Waals surface area contributed by atoms with Crippen LogP contribution in [0.15, 0.2) is 36.4 Å². The predicted octanol–water partition coefficient (Wildman–Crippen LogP) is 4.92. The summed E-state index contributed by atoms with van der Waals surface area (Å²) in [6, 6.07) is 11.7. The molecule has 1 unspecified atom stereocenters. The third-order valence-corrected chi connectivity index (χ3v) is 6.45. The van der Waals surface area contributed by atoms with Crippen LogP contribution in [-0.2, 0) is 29.6 Å². The van der Waals surface area contributed by atoms with E-state index in [4.69, 9.17) is 9.47 Å². The van der Waals surface area contributed by atoms with Gasteiger partial charge in [0.1, 0.15) is 11.5 Å². The van der Waals surface area contributed by atoms with Gasteiger partial charge in [-0.15, -0.1) is 0 Å². The van der Waals surface area contributed by atoms with Crippen LogP contribution < -0.4 is 9.47 Å². The Morgan fingerprint density at radius 1 is 0.969 bits per heavy atom. The van der Waals surface area contributed by atoms with Gasteiger partial charge >= 0.3 is 0 Å². The number of rotatable bonds is 14. The molecule has 0 fully saturated rings. The molecule has 0 amide bonds. The van der Waals surface area contributed by atoms with Gasteiger partial charge in [0.2, 0.25) is 0 Å². The molecule has 2 aromatic carbocycles. The molecule has 7 heteroatoms. The fraction of sp³-hybridized carbons (Fsp3) is 0.520. The normalized spacial score (nSPS) is 12.5. The van der Waals surface area contributed by atoms with Crippen LogP contribution in [0.3, 0.4) is 0 Å². The molecule has 0 aliphatic carbocycles. The fourth-order valence-corrected chi connectivity index (χ4v) is 4.70. The van der Waals surface area contributed by atoms with Crippen molar-refractivity contribution in [3.8, 4) is 11.5 Å². The highest BCUT2D eigenvalue weighted by molar-refractivity contribution is 7.85. The standard InChI is InChI=1S/C25H36O6S/c1-4-6-14-31-24-16-20(17-26)10-12-22(24)9-7-8-19-11-13-23(25(15-19)30-3)21(5-2)18-32(27,28)29/h10-13,15-16,21,26H,4-9,14,17-18H2,1-3H3,(H,27,28,29). The van der Waals surface area contributed by atoms with E-state index in [1.165, 1.54) is 0 Å². The second-order valence-corrected chi connectivity index (χ2v) is 9.58. The zero-order valence-corrected chi connectivity index (χ0v) is 20.2. The van der Waals surface area contributed by atoms with Crippen molar-refractivity contribution >= 4 is 10.1 Å². The van der Waals surface area contributed by atoms with Crippen molar-refractivity contribution in [3.63, 3.8) is 0 Å². The van der Waals surface area contributed by atoms with Gasteiger partial charge in [0.25, 0.3) is 10.1 Å². The summed E-state index contributed by atoms with van der Waals surface area (Å²) in [5, 5.41) is 9.43. The molecular formula is C25H36O6S. The van der Waals surface area contributed by atoms with Crippen molar-refractivity contribution in [2.45, 2.75) is 64.9 Å². The van der Waals surface area contributed by atoms with Crippen LogP contribution in [0.25, 0.3) is 0 Å². The minimum atomic E-state index is -4.06. The van der Waals surface area contributed by atoms with Crippen LogP contribution in [0.2, 0.25) is 0 Å². The van der Waals surface area contributed by atoms with Gasteiger partial charge in [-0.05, 0) is 66.5 Å². The topological polar surface area (TPSA) is 93.1 Å². The number of aliphatic hydroxyl groups excluding tert-OH is 1. The number of hydrogen-bond acceptors (Lipinski definition) is 5. The van der Waals surface area contributed by atoms with E-state index in [9.17, 15) is 18.1 Å². The number of methoxy groups -OCH3 is 1. The van der Waals surface area contributed by atoms with E-state index in [1.807, 2.05) is 43.3 Å². The summed E-state index contributed by atoms with van der Waals surface area (Å²) in [5.74, 6) is 0.855. The molecule has 2 aromatic rings. The highest BCUT2D eigenvalue weighted by Gasteiger charge is 2.21. The number of unbranched alkanes of at least 4 members (excludes halogenated alkanes) is 1. The highest BCUT2D eigenvalue weighted by Crippen LogP contribution is 2.32. The van der Waals surface area contributed by atoms with Gasteiger partial charge in [0.15, 0.2) is 0 Å². The van der Waals surface area contributed by atoms with Gasteiger partial charge in [-0.3, -0.25) is 4.55 Å². The van der Waals surface area contributed by atoms with Gasteiger partial charge in [0.05, 0.1) is 26.1 Å². The van der Waals surface area contributed by atoms with E-state index < -0.39 is 10.1 Å². The summed E-state index contributed by atoms with van der Waals surface area (Å²) < 4.78 is 43.4. The van der Waals surface area contributed by atoms with E-state index >= 15 is 0 Å². The minimum absolute atomic E-state index is 0.00705. The first kappa shape index (κ1) is 26.2. The summed E-state index contributed by atoms with van der Waals surface area (Å²) >= 11 is 0. The first-order valence-electron chi connectivity index (χ1n) is 11.3. The number of aliphatic hydroxyl groups is 1. The molecule has 0 aliphatic heterocycles. The van der Waals surface area contributed by atoms with Gasteiger partial charge in [-0.2, -0.15) is 8.42 Å². The van der Waals surface area contributed by atoms with Crippen LogP contribution in [0, 0.1) is 0 Å². The van der Waals surface area contributed by atoms with Crippen molar-refractivity contribution in [1.29, 1.82) is 0 Å². The number of ether oxygens (including phenoxy) is 2. The van der Waals surface area contributed by atoms with Crippen molar-refractivity contribution in [2.24, 2.45) is 0 Å². The quantitative estimate of drug-likeness (QED) is 0.304. The molecule has 0 saturated carbocycles. The maximum Gasteiger partial charge on any atom is 0.265 e. The molecule has 2 N–H and O–H groups in total. The summed E-state index contributed by atoms with van der Waals surface area (Å²) in [7, 11) is -2.49. The van der Waals surface area contributed by atoms with Crippen molar-refractivity contribution in [2.75, 3.05) is 19.5 Å². The number of hydrogen-bond donors (Lipinski definition) is 2. The SMILES string of the molecule is CCCCOc1cc(CO)ccc1CCCc1ccc(C(CC)CS(=O)(=O)O)c(OC)c1. The molecule has 0 bridgehead atoms. The van der Waals surface area contributed by atoms with Crippen LogP contribution in [0.4, 0.5) is 0 Å². The van der Waals surface area contributed by atoms with E-state index in [2.05, 4.69) is 6.92 Å². The lowest BCUT2D eigenvalue weighted by Gasteiger charge is -2.18. The molecule has 0 aromatic heterocycles. The van der Waals surface area contributed by atoms with Crippen LogP contribution in [0.5, 0.6) is 11.5 Å². The van der Waals surface area contributed by atoms with Crippen LogP contribution in [0.1, 0.15) is 67.7 Å². The van der Waals surface area contributed by atoms with Gasteiger partial charge in [-0.1, -0.05) is 44.5 Å².